The van der Waals surface area contributed by atoms with Crippen molar-refractivity contribution >= 4 is 11.6 Å². The summed E-state index contributed by atoms with van der Waals surface area (Å²) in [6, 6.07) is 5.44. The van der Waals surface area contributed by atoms with E-state index in [0.717, 1.165) is 13.0 Å². The number of hydrogen-bond donors (Lipinski definition) is 1. The van der Waals surface area contributed by atoms with Gasteiger partial charge in [0, 0.05) is 18.2 Å². The zero-order chi connectivity index (χ0) is 12.7. The molecule has 0 atom stereocenters. The molecule has 0 aliphatic rings. The van der Waals surface area contributed by atoms with Gasteiger partial charge in [-0.1, -0.05) is 37.6 Å². The zero-order valence-corrected chi connectivity index (χ0v) is 11.1. The molecular weight excluding hydrogens is 241 g/mol. The third-order valence-corrected chi connectivity index (χ3v) is 2.60. The molecule has 96 valence electrons. The van der Waals surface area contributed by atoms with Crippen LogP contribution >= 0.6 is 11.6 Å². The maximum atomic E-state index is 13.5. The molecule has 4 heteroatoms. The standard InChI is InChI=1S/C13H19ClFNO/c1-10(2)16-7-4-8-17-9-11-5-3-6-12(14)13(11)15/h3,5-6,10,16H,4,7-9H2,1-2H3. The predicted molar refractivity (Wildman–Crippen MR) is 68.8 cm³/mol. The van der Waals surface area contributed by atoms with E-state index < -0.39 is 0 Å². The zero-order valence-electron chi connectivity index (χ0n) is 10.3. The minimum atomic E-state index is -0.380. The van der Waals surface area contributed by atoms with Crippen LogP contribution in [0.15, 0.2) is 18.2 Å². The van der Waals surface area contributed by atoms with Gasteiger partial charge in [0.15, 0.2) is 0 Å². The molecule has 0 amide bonds. The molecule has 1 rings (SSSR count). The first-order chi connectivity index (χ1) is 8.11. The molecule has 1 N–H and O–H groups in total. The summed E-state index contributed by atoms with van der Waals surface area (Å²) in [5.41, 5.74) is 0.509. The van der Waals surface area contributed by atoms with Gasteiger partial charge < -0.3 is 10.1 Å². The van der Waals surface area contributed by atoms with E-state index in [1.54, 1.807) is 12.1 Å². The normalized spacial score (nSPS) is 11.1. The second-order valence-corrected chi connectivity index (χ2v) is 4.64. The van der Waals surface area contributed by atoms with Gasteiger partial charge in [0.2, 0.25) is 0 Å². The van der Waals surface area contributed by atoms with E-state index in [9.17, 15) is 4.39 Å². The molecule has 1 aromatic carbocycles. The summed E-state index contributed by atoms with van der Waals surface area (Å²) in [4.78, 5) is 0. The lowest BCUT2D eigenvalue weighted by Crippen LogP contribution is -2.24. The molecule has 2 nitrogen and oxygen atoms in total. The van der Waals surface area contributed by atoms with Crippen LogP contribution in [0.25, 0.3) is 0 Å². The van der Waals surface area contributed by atoms with Crippen molar-refractivity contribution in [3.05, 3.63) is 34.6 Å². The van der Waals surface area contributed by atoms with Gasteiger partial charge in [-0.15, -0.1) is 0 Å². The van der Waals surface area contributed by atoms with Gasteiger partial charge in [-0.25, -0.2) is 4.39 Å². The van der Waals surface area contributed by atoms with E-state index in [4.69, 9.17) is 16.3 Å². The van der Waals surface area contributed by atoms with Crippen molar-refractivity contribution < 1.29 is 9.13 Å². The van der Waals surface area contributed by atoms with Gasteiger partial charge in [-0.05, 0) is 19.0 Å². The van der Waals surface area contributed by atoms with Crippen molar-refractivity contribution in [1.82, 2.24) is 5.32 Å². The summed E-state index contributed by atoms with van der Waals surface area (Å²) < 4.78 is 18.9. The summed E-state index contributed by atoms with van der Waals surface area (Å²) in [6.45, 7) is 6.00. The Bertz CT molecular complexity index is 344. The van der Waals surface area contributed by atoms with E-state index in [0.29, 0.717) is 18.2 Å². The average Bonchev–Trinajstić information content (AvgIpc) is 2.28. The highest BCUT2D eigenvalue weighted by Gasteiger charge is 2.05. The van der Waals surface area contributed by atoms with Crippen molar-refractivity contribution in [2.24, 2.45) is 0 Å². The Morgan fingerprint density at radius 3 is 2.88 bits per heavy atom. The van der Waals surface area contributed by atoms with E-state index in [1.165, 1.54) is 6.07 Å². The minimum Gasteiger partial charge on any atom is -0.377 e. The molecule has 0 heterocycles. The third-order valence-electron chi connectivity index (χ3n) is 2.31. The van der Waals surface area contributed by atoms with E-state index in [2.05, 4.69) is 19.2 Å². The smallest absolute Gasteiger partial charge is 0.147 e. The summed E-state index contributed by atoms with van der Waals surface area (Å²) in [7, 11) is 0. The fourth-order valence-electron chi connectivity index (χ4n) is 1.41. The third kappa shape index (κ3) is 5.48. The Morgan fingerprint density at radius 1 is 1.41 bits per heavy atom. The first-order valence-electron chi connectivity index (χ1n) is 5.85. The van der Waals surface area contributed by atoms with E-state index in [-0.39, 0.29) is 17.4 Å². The molecule has 0 saturated carbocycles. The van der Waals surface area contributed by atoms with Crippen molar-refractivity contribution in [2.75, 3.05) is 13.2 Å². The monoisotopic (exact) mass is 259 g/mol. The quantitative estimate of drug-likeness (QED) is 0.758. The average molecular weight is 260 g/mol. The SMILES string of the molecule is CC(C)NCCCOCc1cccc(Cl)c1F. The van der Waals surface area contributed by atoms with Crippen LogP contribution in [0.4, 0.5) is 4.39 Å². The molecule has 0 saturated heterocycles. The first kappa shape index (κ1) is 14.4. The lowest BCUT2D eigenvalue weighted by Gasteiger charge is -2.09. The van der Waals surface area contributed by atoms with Crippen LogP contribution in [-0.2, 0) is 11.3 Å². The van der Waals surface area contributed by atoms with Crippen molar-refractivity contribution in [1.29, 1.82) is 0 Å². The van der Waals surface area contributed by atoms with Crippen LogP contribution in [-0.4, -0.2) is 19.2 Å². The molecule has 0 aliphatic carbocycles. The van der Waals surface area contributed by atoms with Crippen molar-refractivity contribution in [2.45, 2.75) is 32.9 Å². The Hall–Kier alpha value is -0.640. The number of nitrogens with one attached hydrogen (secondary N) is 1. The summed E-state index contributed by atoms with van der Waals surface area (Å²) in [5.74, 6) is -0.380. The van der Waals surface area contributed by atoms with Crippen molar-refractivity contribution in [3.63, 3.8) is 0 Å². The van der Waals surface area contributed by atoms with E-state index >= 15 is 0 Å². The number of halogens is 2. The molecule has 0 radical (unpaired) electrons. The summed E-state index contributed by atoms with van der Waals surface area (Å²) in [6.07, 6.45) is 0.917. The molecule has 0 aromatic heterocycles. The van der Waals surface area contributed by atoms with Gasteiger partial charge in [0.25, 0.3) is 0 Å². The molecule has 0 fully saturated rings. The highest BCUT2D eigenvalue weighted by atomic mass is 35.5. The fraction of sp³-hybridized carbons (Fsp3) is 0.538. The number of rotatable bonds is 7. The van der Waals surface area contributed by atoms with Gasteiger partial charge in [-0.2, -0.15) is 0 Å². The van der Waals surface area contributed by atoms with Gasteiger partial charge in [0.05, 0.1) is 11.6 Å². The van der Waals surface area contributed by atoms with Crippen LogP contribution in [0.5, 0.6) is 0 Å². The molecule has 0 spiro atoms. The van der Waals surface area contributed by atoms with Crippen LogP contribution < -0.4 is 5.32 Å². The second kappa shape index (κ2) is 7.64. The van der Waals surface area contributed by atoms with Crippen LogP contribution in [0.3, 0.4) is 0 Å². The van der Waals surface area contributed by atoms with Gasteiger partial charge >= 0.3 is 0 Å². The number of hydrogen-bond acceptors (Lipinski definition) is 2. The molecule has 17 heavy (non-hydrogen) atoms. The minimum absolute atomic E-state index is 0.146. The highest BCUT2D eigenvalue weighted by Crippen LogP contribution is 2.18. The van der Waals surface area contributed by atoms with Gasteiger partial charge in [0.1, 0.15) is 5.82 Å². The lowest BCUT2D eigenvalue weighted by atomic mass is 10.2. The van der Waals surface area contributed by atoms with E-state index in [1.807, 2.05) is 0 Å². The molecule has 1 aromatic rings. The fourth-order valence-corrected chi connectivity index (χ4v) is 1.60. The Balaban J connectivity index is 2.20. The largest absolute Gasteiger partial charge is 0.377 e. The van der Waals surface area contributed by atoms with Gasteiger partial charge in [-0.3, -0.25) is 0 Å². The second-order valence-electron chi connectivity index (χ2n) is 4.23. The molecule has 0 unspecified atom stereocenters. The van der Waals surface area contributed by atoms with Crippen LogP contribution in [0.1, 0.15) is 25.8 Å². The summed E-state index contributed by atoms with van der Waals surface area (Å²) in [5, 5.41) is 3.44. The Labute approximate surface area is 107 Å². The van der Waals surface area contributed by atoms with Crippen LogP contribution in [0, 0.1) is 5.82 Å². The van der Waals surface area contributed by atoms with Crippen molar-refractivity contribution in [3.8, 4) is 0 Å². The molecule has 0 aliphatic heterocycles. The first-order valence-corrected chi connectivity index (χ1v) is 6.23. The molecule has 0 bridgehead atoms. The Kier molecular flexibility index (Phi) is 6.48. The maximum absolute atomic E-state index is 13.5. The Morgan fingerprint density at radius 2 is 2.18 bits per heavy atom. The number of benzene rings is 1. The van der Waals surface area contributed by atoms with Crippen LogP contribution in [0.2, 0.25) is 5.02 Å². The lowest BCUT2D eigenvalue weighted by molar-refractivity contribution is 0.116. The topological polar surface area (TPSA) is 21.3 Å². The predicted octanol–water partition coefficient (Wildman–Crippen LogP) is 3.38. The molecular formula is C13H19ClFNO. The maximum Gasteiger partial charge on any atom is 0.147 e. The summed E-state index contributed by atoms with van der Waals surface area (Å²) >= 11 is 5.67. The number of ether oxygens (including phenoxy) is 1. The highest BCUT2D eigenvalue weighted by molar-refractivity contribution is 6.30.